The molecule has 0 amide bonds. The summed E-state index contributed by atoms with van der Waals surface area (Å²) >= 11 is 0. The van der Waals surface area contributed by atoms with Gasteiger partial charge in [-0.25, -0.2) is 0 Å². The Labute approximate surface area is 78.7 Å². The van der Waals surface area contributed by atoms with Crippen LogP contribution in [0.5, 0.6) is 0 Å². The first-order valence-corrected chi connectivity index (χ1v) is 5.03. The van der Waals surface area contributed by atoms with Gasteiger partial charge in [0.05, 0.1) is 25.4 Å². The molecule has 1 heterocycles. The summed E-state index contributed by atoms with van der Waals surface area (Å²) in [5, 5.41) is 19.7. The van der Waals surface area contributed by atoms with Gasteiger partial charge < -0.3 is 14.9 Å². The molecule has 76 valence electrons. The van der Waals surface area contributed by atoms with Crippen molar-refractivity contribution in [2.24, 2.45) is 11.3 Å². The fraction of sp³-hybridized carbons (Fsp3) is 1.00. The minimum absolute atomic E-state index is 0.0518. The molecule has 1 aliphatic carbocycles. The van der Waals surface area contributed by atoms with E-state index in [1.807, 2.05) is 0 Å². The zero-order chi connectivity index (χ0) is 9.53. The quantitative estimate of drug-likeness (QED) is 0.628. The highest BCUT2D eigenvalue weighted by Gasteiger charge is 2.57. The third kappa shape index (κ3) is 1.22. The number of aliphatic hydroxyl groups is 2. The average Bonchev–Trinajstić information content (AvgIpc) is 2.41. The van der Waals surface area contributed by atoms with Gasteiger partial charge in [-0.05, 0) is 25.2 Å². The van der Waals surface area contributed by atoms with Crippen molar-refractivity contribution in [3.8, 4) is 0 Å². The van der Waals surface area contributed by atoms with Crippen LogP contribution in [0.15, 0.2) is 0 Å². The van der Waals surface area contributed by atoms with Crippen LogP contribution in [0.1, 0.15) is 26.2 Å². The molecule has 0 unspecified atom stereocenters. The van der Waals surface area contributed by atoms with Crippen LogP contribution in [0.4, 0.5) is 0 Å². The minimum Gasteiger partial charge on any atom is -0.396 e. The van der Waals surface area contributed by atoms with E-state index in [0.29, 0.717) is 19.1 Å². The maximum atomic E-state index is 10.3. The maximum absolute atomic E-state index is 10.3. The molecule has 0 aromatic heterocycles. The van der Waals surface area contributed by atoms with Crippen molar-refractivity contribution in [2.75, 3.05) is 19.8 Å². The number of hydrogen-bond acceptors (Lipinski definition) is 3. The van der Waals surface area contributed by atoms with Crippen LogP contribution < -0.4 is 0 Å². The number of rotatable bonds is 1. The molecule has 2 rings (SSSR count). The maximum Gasteiger partial charge on any atom is 0.0982 e. The second-order valence-electron chi connectivity index (χ2n) is 4.81. The second kappa shape index (κ2) is 2.94. The van der Waals surface area contributed by atoms with Gasteiger partial charge in [-0.3, -0.25) is 0 Å². The highest BCUT2D eigenvalue weighted by molar-refractivity contribution is 5.06. The average molecular weight is 186 g/mol. The first kappa shape index (κ1) is 9.44. The Kier molecular flexibility index (Phi) is 2.13. The normalized spacial score (nSPS) is 50.5. The highest BCUT2D eigenvalue weighted by atomic mass is 16.5. The Balaban J connectivity index is 2.24. The Bertz CT molecular complexity index is 206. The summed E-state index contributed by atoms with van der Waals surface area (Å²) in [5.74, 6) is 0.548. The monoisotopic (exact) mass is 186 g/mol. The van der Waals surface area contributed by atoms with Crippen molar-refractivity contribution in [3.05, 3.63) is 0 Å². The molecule has 1 saturated heterocycles. The summed E-state index contributed by atoms with van der Waals surface area (Å²) in [4.78, 5) is 0. The van der Waals surface area contributed by atoms with E-state index in [-0.39, 0.29) is 12.0 Å². The van der Waals surface area contributed by atoms with Gasteiger partial charge in [0.2, 0.25) is 0 Å². The molecule has 2 N–H and O–H groups in total. The molecule has 0 aromatic carbocycles. The molecular formula is C10H18O3. The number of ether oxygens (including phenoxy) is 1. The smallest absolute Gasteiger partial charge is 0.0982 e. The van der Waals surface area contributed by atoms with E-state index in [0.717, 1.165) is 19.3 Å². The molecule has 3 atom stereocenters. The van der Waals surface area contributed by atoms with E-state index in [2.05, 4.69) is 6.92 Å². The van der Waals surface area contributed by atoms with E-state index in [1.54, 1.807) is 0 Å². The number of fused-ring (bicyclic) bond motifs is 1. The van der Waals surface area contributed by atoms with E-state index in [9.17, 15) is 10.2 Å². The molecular weight excluding hydrogens is 168 g/mol. The van der Waals surface area contributed by atoms with Crippen molar-refractivity contribution >= 4 is 0 Å². The van der Waals surface area contributed by atoms with E-state index >= 15 is 0 Å². The summed E-state index contributed by atoms with van der Waals surface area (Å²) in [6.45, 7) is 3.12. The van der Waals surface area contributed by atoms with Crippen molar-refractivity contribution in [1.29, 1.82) is 0 Å². The van der Waals surface area contributed by atoms with Gasteiger partial charge in [0.1, 0.15) is 0 Å². The standard InChI is InChI=1S/C10H18O3/c1-8-2-3-9(5-11)6-13-7-10(9,12)4-8/h8,11-12H,2-7H2,1H3/t8-,9-,10+/m0/s1. The number of hydrogen-bond donors (Lipinski definition) is 2. The van der Waals surface area contributed by atoms with Crippen molar-refractivity contribution in [2.45, 2.75) is 31.8 Å². The van der Waals surface area contributed by atoms with Crippen LogP contribution in [0.2, 0.25) is 0 Å². The topological polar surface area (TPSA) is 49.7 Å². The van der Waals surface area contributed by atoms with Crippen LogP contribution in [0.25, 0.3) is 0 Å². The summed E-state index contributed by atoms with van der Waals surface area (Å²) in [6, 6.07) is 0. The fourth-order valence-electron chi connectivity index (χ4n) is 2.76. The van der Waals surface area contributed by atoms with Crippen molar-refractivity contribution in [1.82, 2.24) is 0 Å². The summed E-state index contributed by atoms with van der Waals surface area (Å²) in [7, 11) is 0. The molecule has 0 radical (unpaired) electrons. The van der Waals surface area contributed by atoms with Gasteiger partial charge in [-0.1, -0.05) is 6.92 Å². The Morgan fingerprint density at radius 2 is 2.23 bits per heavy atom. The highest BCUT2D eigenvalue weighted by Crippen LogP contribution is 2.49. The molecule has 1 saturated carbocycles. The predicted molar refractivity (Wildman–Crippen MR) is 48.3 cm³/mol. The summed E-state index contributed by atoms with van der Waals surface area (Å²) in [5.41, 5.74) is -1.13. The molecule has 0 aromatic rings. The van der Waals surface area contributed by atoms with Gasteiger partial charge in [0.25, 0.3) is 0 Å². The van der Waals surface area contributed by atoms with Gasteiger partial charge >= 0.3 is 0 Å². The largest absolute Gasteiger partial charge is 0.396 e. The molecule has 2 fully saturated rings. The SMILES string of the molecule is C[C@H]1CC[C@]2(CO)COC[C@]2(O)C1. The minimum atomic E-state index is -0.764. The molecule has 2 aliphatic rings. The zero-order valence-corrected chi connectivity index (χ0v) is 8.12. The van der Waals surface area contributed by atoms with Crippen LogP contribution >= 0.6 is 0 Å². The third-order valence-electron chi connectivity index (χ3n) is 3.81. The Morgan fingerprint density at radius 1 is 1.46 bits per heavy atom. The molecule has 13 heavy (non-hydrogen) atoms. The predicted octanol–water partition coefficient (Wildman–Crippen LogP) is 0.546. The molecule has 0 bridgehead atoms. The Morgan fingerprint density at radius 3 is 2.92 bits per heavy atom. The first-order chi connectivity index (χ1) is 6.12. The van der Waals surface area contributed by atoms with Crippen molar-refractivity contribution in [3.63, 3.8) is 0 Å². The van der Waals surface area contributed by atoms with Gasteiger partial charge in [0, 0.05) is 5.41 Å². The van der Waals surface area contributed by atoms with E-state index in [4.69, 9.17) is 4.74 Å². The van der Waals surface area contributed by atoms with Gasteiger partial charge in [0.15, 0.2) is 0 Å². The van der Waals surface area contributed by atoms with Crippen LogP contribution in [-0.2, 0) is 4.74 Å². The summed E-state index contributed by atoms with van der Waals surface area (Å²) < 4.78 is 5.33. The van der Waals surface area contributed by atoms with Crippen molar-refractivity contribution < 1.29 is 14.9 Å². The van der Waals surface area contributed by atoms with E-state index in [1.165, 1.54) is 0 Å². The lowest BCUT2D eigenvalue weighted by atomic mass is 9.63. The third-order valence-corrected chi connectivity index (χ3v) is 3.81. The van der Waals surface area contributed by atoms with E-state index < -0.39 is 5.60 Å². The zero-order valence-electron chi connectivity index (χ0n) is 8.12. The van der Waals surface area contributed by atoms with Crippen LogP contribution in [-0.4, -0.2) is 35.6 Å². The molecule has 3 nitrogen and oxygen atoms in total. The first-order valence-electron chi connectivity index (χ1n) is 5.03. The lowest BCUT2D eigenvalue weighted by molar-refractivity contribution is -0.113. The van der Waals surface area contributed by atoms with Gasteiger partial charge in [-0.15, -0.1) is 0 Å². The Hall–Kier alpha value is -0.120. The van der Waals surface area contributed by atoms with Crippen LogP contribution in [0.3, 0.4) is 0 Å². The summed E-state index contributed by atoms with van der Waals surface area (Å²) in [6.07, 6.45) is 2.75. The second-order valence-corrected chi connectivity index (χ2v) is 4.81. The number of aliphatic hydroxyl groups excluding tert-OH is 1. The fourth-order valence-corrected chi connectivity index (χ4v) is 2.76. The lowest BCUT2D eigenvalue weighted by Gasteiger charge is -2.45. The van der Waals surface area contributed by atoms with Gasteiger partial charge in [-0.2, -0.15) is 0 Å². The lowest BCUT2D eigenvalue weighted by Crippen LogP contribution is -2.53. The van der Waals surface area contributed by atoms with Crippen LogP contribution in [0, 0.1) is 11.3 Å². The molecule has 3 heteroatoms. The molecule has 1 aliphatic heterocycles. The molecule has 0 spiro atoms.